The number of thiophene rings is 1. The summed E-state index contributed by atoms with van der Waals surface area (Å²) in [6.07, 6.45) is 1.75. The fourth-order valence-corrected chi connectivity index (χ4v) is 3.26. The lowest BCUT2D eigenvalue weighted by atomic mass is 10.2. The van der Waals surface area contributed by atoms with Crippen molar-refractivity contribution in [1.29, 1.82) is 0 Å². The van der Waals surface area contributed by atoms with Crippen molar-refractivity contribution in [1.82, 2.24) is 14.7 Å². The van der Waals surface area contributed by atoms with Crippen LogP contribution in [0, 0.1) is 0 Å². The monoisotopic (exact) mass is 343 g/mol. The predicted octanol–water partition coefficient (Wildman–Crippen LogP) is 2.91. The van der Waals surface area contributed by atoms with Crippen LogP contribution in [0.15, 0.2) is 28.2 Å². The van der Waals surface area contributed by atoms with Crippen LogP contribution in [-0.4, -0.2) is 41.9 Å². The van der Waals surface area contributed by atoms with Crippen LogP contribution in [0.2, 0.25) is 0 Å². The van der Waals surface area contributed by atoms with Gasteiger partial charge >= 0.3 is 0 Å². The molecule has 0 N–H and O–H groups in total. The molecule has 0 aromatic carbocycles. The van der Waals surface area contributed by atoms with Gasteiger partial charge in [0.2, 0.25) is 0 Å². The molecule has 2 aromatic heterocycles. The zero-order valence-electron chi connectivity index (χ0n) is 11.3. The van der Waals surface area contributed by atoms with Gasteiger partial charge in [-0.3, -0.25) is 4.68 Å². The molecular formula is C13H18BrN3OS. The van der Waals surface area contributed by atoms with Gasteiger partial charge in [0.1, 0.15) is 6.10 Å². The summed E-state index contributed by atoms with van der Waals surface area (Å²) in [5.74, 6) is 0. The molecule has 0 fully saturated rings. The molecule has 0 bridgehead atoms. The van der Waals surface area contributed by atoms with Gasteiger partial charge in [-0.1, -0.05) is 0 Å². The summed E-state index contributed by atoms with van der Waals surface area (Å²) in [5.41, 5.74) is 1.08. The Morgan fingerprint density at radius 2 is 2.21 bits per heavy atom. The molecule has 1 atom stereocenters. The fraction of sp³-hybridized carbons (Fsp3) is 0.462. The second kappa shape index (κ2) is 6.65. The lowest BCUT2D eigenvalue weighted by Crippen LogP contribution is -2.20. The van der Waals surface area contributed by atoms with Gasteiger partial charge in [-0.15, -0.1) is 11.3 Å². The lowest BCUT2D eigenvalue weighted by Gasteiger charge is -2.18. The van der Waals surface area contributed by atoms with Crippen LogP contribution >= 0.6 is 27.3 Å². The molecule has 0 aliphatic heterocycles. The first-order valence-corrected chi connectivity index (χ1v) is 7.68. The molecule has 0 aliphatic rings. The molecule has 2 rings (SSSR count). The number of hydrogen-bond donors (Lipinski definition) is 0. The van der Waals surface area contributed by atoms with Crippen LogP contribution in [0.3, 0.4) is 0 Å². The molecule has 0 saturated heterocycles. The number of likely N-dealkylation sites (N-methyl/N-ethyl adjacent to an activating group) is 1. The van der Waals surface area contributed by atoms with Crippen molar-refractivity contribution < 1.29 is 4.74 Å². The maximum absolute atomic E-state index is 6.06. The smallest absolute Gasteiger partial charge is 0.133 e. The van der Waals surface area contributed by atoms with Crippen molar-refractivity contribution in [3.63, 3.8) is 0 Å². The Bertz CT molecular complexity index is 523. The van der Waals surface area contributed by atoms with E-state index in [4.69, 9.17) is 4.74 Å². The van der Waals surface area contributed by atoms with E-state index in [1.54, 1.807) is 17.5 Å². The van der Waals surface area contributed by atoms with E-state index in [1.165, 1.54) is 4.88 Å². The van der Waals surface area contributed by atoms with E-state index in [9.17, 15) is 0 Å². The van der Waals surface area contributed by atoms with Crippen molar-refractivity contribution in [3.05, 3.63) is 38.8 Å². The van der Waals surface area contributed by atoms with Crippen molar-refractivity contribution in [2.24, 2.45) is 7.05 Å². The van der Waals surface area contributed by atoms with E-state index in [0.29, 0.717) is 6.61 Å². The number of hydrogen-bond acceptors (Lipinski definition) is 4. The Morgan fingerprint density at radius 3 is 2.74 bits per heavy atom. The van der Waals surface area contributed by atoms with E-state index in [2.05, 4.69) is 38.1 Å². The lowest BCUT2D eigenvalue weighted by molar-refractivity contribution is 0.0660. The molecule has 2 heterocycles. The van der Waals surface area contributed by atoms with E-state index >= 15 is 0 Å². The summed E-state index contributed by atoms with van der Waals surface area (Å²) in [5, 5.41) is 4.23. The molecule has 1 unspecified atom stereocenters. The van der Waals surface area contributed by atoms with Crippen molar-refractivity contribution in [2.45, 2.75) is 6.10 Å². The Labute approximate surface area is 126 Å². The van der Waals surface area contributed by atoms with Gasteiger partial charge in [-0.05, 0) is 48.2 Å². The molecule has 104 valence electrons. The third-order valence-corrected chi connectivity index (χ3v) is 4.47. The van der Waals surface area contributed by atoms with Crippen LogP contribution in [0.5, 0.6) is 0 Å². The zero-order valence-corrected chi connectivity index (χ0v) is 13.7. The molecule has 0 spiro atoms. The van der Waals surface area contributed by atoms with Gasteiger partial charge in [0.05, 0.1) is 16.1 Å². The molecule has 4 nitrogen and oxygen atoms in total. The third-order valence-electron chi connectivity index (χ3n) is 2.80. The standard InChI is InChI=1S/C13H18BrN3OS/c1-16(2)8-9-18-13(10-6-7-15-17(10)3)11-4-5-12(14)19-11/h4-7,13H,8-9H2,1-3H3. The van der Waals surface area contributed by atoms with Gasteiger partial charge in [0.25, 0.3) is 0 Å². The maximum Gasteiger partial charge on any atom is 0.133 e. The van der Waals surface area contributed by atoms with Gasteiger partial charge < -0.3 is 9.64 Å². The highest BCUT2D eigenvalue weighted by molar-refractivity contribution is 9.11. The van der Waals surface area contributed by atoms with E-state index < -0.39 is 0 Å². The minimum atomic E-state index is -0.0521. The predicted molar refractivity (Wildman–Crippen MR) is 81.6 cm³/mol. The highest BCUT2D eigenvalue weighted by Crippen LogP contribution is 2.33. The Morgan fingerprint density at radius 1 is 1.42 bits per heavy atom. The topological polar surface area (TPSA) is 30.3 Å². The minimum Gasteiger partial charge on any atom is -0.365 e. The third kappa shape index (κ3) is 3.89. The average Bonchev–Trinajstić information content (AvgIpc) is 2.94. The van der Waals surface area contributed by atoms with E-state index in [-0.39, 0.29) is 6.10 Å². The maximum atomic E-state index is 6.06. The summed E-state index contributed by atoms with van der Waals surface area (Å²) >= 11 is 5.20. The number of nitrogens with zero attached hydrogens (tertiary/aromatic N) is 3. The van der Waals surface area contributed by atoms with Crippen molar-refractivity contribution >= 4 is 27.3 Å². The molecule has 2 aromatic rings. The quantitative estimate of drug-likeness (QED) is 0.807. The molecular weight excluding hydrogens is 326 g/mol. The minimum absolute atomic E-state index is 0.0521. The van der Waals surface area contributed by atoms with Gasteiger partial charge in [-0.25, -0.2) is 0 Å². The van der Waals surface area contributed by atoms with Crippen LogP contribution in [0.1, 0.15) is 16.7 Å². The molecule has 0 radical (unpaired) electrons. The first kappa shape index (κ1) is 14.7. The second-order valence-electron chi connectivity index (χ2n) is 4.58. The Kier molecular flexibility index (Phi) is 5.15. The normalized spacial score (nSPS) is 13.1. The summed E-state index contributed by atoms with van der Waals surface area (Å²) in [7, 11) is 6.04. The summed E-state index contributed by atoms with van der Waals surface area (Å²) in [6, 6.07) is 6.16. The largest absolute Gasteiger partial charge is 0.365 e. The molecule has 6 heteroatoms. The number of halogens is 1. The number of aromatic nitrogens is 2. The van der Waals surface area contributed by atoms with Gasteiger partial charge in [0, 0.05) is 24.7 Å². The average molecular weight is 344 g/mol. The van der Waals surface area contributed by atoms with Crippen LogP contribution in [0.25, 0.3) is 0 Å². The Balaban J connectivity index is 2.16. The fourth-order valence-electron chi connectivity index (χ4n) is 1.78. The van der Waals surface area contributed by atoms with Crippen molar-refractivity contribution in [3.8, 4) is 0 Å². The molecule has 0 amide bonds. The Hall–Kier alpha value is -0.690. The molecule has 0 aliphatic carbocycles. The van der Waals surface area contributed by atoms with E-state index in [1.807, 2.05) is 31.9 Å². The van der Waals surface area contributed by atoms with Crippen molar-refractivity contribution in [2.75, 3.05) is 27.2 Å². The van der Waals surface area contributed by atoms with E-state index in [0.717, 1.165) is 16.0 Å². The summed E-state index contributed by atoms with van der Waals surface area (Å²) < 4.78 is 9.05. The van der Waals surface area contributed by atoms with Crippen LogP contribution in [0.4, 0.5) is 0 Å². The first-order chi connectivity index (χ1) is 9.08. The van der Waals surface area contributed by atoms with Crippen LogP contribution < -0.4 is 0 Å². The summed E-state index contributed by atoms with van der Waals surface area (Å²) in [4.78, 5) is 3.30. The highest BCUT2D eigenvalue weighted by Gasteiger charge is 2.19. The highest BCUT2D eigenvalue weighted by atomic mass is 79.9. The first-order valence-electron chi connectivity index (χ1n) is 6.07. The number of aryl methyl sites for hydroxylation is 1. The SMILES string of the molecule is CN(C)CCOC(c1ccc(Br)s1)c1ccnn1C. The molecule has 19 heavy (non-hydrogen) atoms. The van der Waals surface area contributed by atoms with Crippen LogP contribution in [-0.2, 0) is 11.8 Å². The zero-order chi connectivity index (χ0) is 13.8. The second-order valence-corrected chi connectivity index (χ2v) is 7.07. The van der Waals surface area contributed by atoms with Gasteiger partial charge in [-0.2, -0.15) is 5.10 Å². The number of ether oxygens (including phenoxy) is 1. The van der Waals surface area contributed by atoms with Gasteiger partial charge in [0.15, 0.2) is 0 Å². The summed E-state index contributed by atoms with van der Waals surface area (Å²) in [6.45, 7) is 1.60. The number of rotatable bonds is 6. The molecule has 0 saturated carbocycles.